The Labute approximate surface area is 122 Å². The van der Waals surface area contributed by atoms with Crippen molar-refractivity contribution >= 4 is 0 Å². The maximum Gasteiger partial charge on any atom is 0.160 e. The summed E-state index contributed by atoms with van der Waals surface area (Å²) in [6, 6.07) is 6.16. The second kappa shape index (κ2) is 6.98. The molecule has 0 radical (unpaired) electrons. The quantitative estimate of drug-likeness (QED) is 0.782. The highest BCUT2D eigenvalue weighted by molar-refractivity contribution is 5.44. The summed E-state index contributed by atoms with van der Waals surface area (Å²) in [5.74, 6) is 1.95. The minimum atomic E-state index is 0.324. The first-order valence-electron chi connectivity index (χ1n) is 7.57. The Hall–Kier alpha value is -1.22. The van der Waals surface area contributed by atoms with E-state index < -0.39 is 0 Å². The summed E-state index contributed by atoms with van der Waals surface area (Å²) in [4.78, 5) is 0. The molecular formula is C17H26O3. The molecule has 2 rings (SSSR count). The molecule has 1 aromatic carbocycles. The largest absolute Gasteiger partial charge is 0.493 e. The minimum absolute atomic E-state index is 0.324. The molecule has 3 heteroatoms. The van der Waals surface area contributed by atoms with Crippen molar-refractivity contribution < 1.29 is 14.2 Å². The van der Waals surface area contributed by atoms with Gasteiger partial charge in [-0.25, -0.2) is 0 Å². The van der Waals surface area contributed by atoms with E-state index in [1.807, 2.05) is 6.07 Å². The number of ether oxygens (including phenoxy) is 3. The van der Waals surface area contributed by atoms with Crippen molar-refractivity contribution in [1.82, 2.24) is 0 Å². The van der Waals surface area contributed by atoms with Gasteiger partial charge in [-0.05, 0) is 37.0 Å². The van der Waals surface area contributed by atoms with Crippen molar-refractivity contribution in [3.63, 3.8) is 0 Å². The van der Waals surface area contributed by atoms with E-state index in [2.05, 4.69) is 26.0 Å². The first kappa shape index (κ1) is 15.2. The third-order valence-corrected chi connectivity index (χ3v) is 4.24. The van der Waals surface area contributed by atoms with Crippen LogP contribution in [0.15, 0.2) is 18.2 Å². The van der Waals surface area contributed by atoms with Crippen LogP contribution in [0.4, 0.5) is 0 Å². The summed E-state index contributed by atoms with van der Waals surface area (Å²) < 4.78 is 16.8. The van der Waals surface area contributed by atoms with Gasteiger partial charge in [0.05, 0.1) is 26.4 Å². The molecule has 1 fully saturated rings. The molecule has 0 unspecified atom stereocenters. The second-order valence-electron chi connectivity index (χ2n) is 5.57. The molecule has 1 heterocycles. The lowest BCUT2D eigenvalue weighted by Crippen LogP contribution is -2.17. The predicted octanol–water partition coefficient (Wildman–Crippen LogP) is 4.16. The molecule has 20 heavy (non-hydrogen) atoms. The number of methoxy groups -OCH3 is 2. The Morgan fingerprint density at radius 3 is 2.60 bits per heavy atom. The maximum atomic E-state index is 6.18. The van der Waals surface area contributed by atoms with E-state index in [0.717, 1.165) is 17.9 Å². The maximum absolute atomic E-state index is 6.18. The van der Waals surface area contributed by atoms with Gasteiger partial charge >= 0.3 is 0 Å². The Balaban J connectivity index is 2.07. The fourth-order valence-electron chi connectivity index (χ4n) is 2.99. The molecule has 0 bridgehead atoms. The summed E-state index contributed by atoms with van der Waals surface area (Å²) in [6.07, 6.45) is 5.49. The minimum Gasteiger partial charge on any atom is -0.493 e. The first-order valence-corrected chi connectivity index (χ1v) is 7.57. The van der Waals surface area contributed by atoms with E-state index in [1.165, 1.54) is 24.8 Å². The smallest absolute Gasteiger partial charge is 0.160 e. The van der Waals surface area contributed by atoms with E-state index in [-0.39, 0.29) is 0 Å². The summed E-state index contributed by atoms with van der Waals surface area (Å²) in [5.41, 5.74) is 1.25. The average molecular weight is 278 g/mol. The predicted molar refractivity (Wildman–Crippen MR) is 80.8 cm³/mol. The van der Waals surface area contributed by atoms with E-state index >= 15 is 0 Å². The van der Waals surface area contributed by atoms with Crippen molar-refractivity contribution in [2.75, 3.05) is 14.2 Å². The zero-order valence-electron chi connectivity index (χ0n) is 13.0. The van der Waals surface area contributed by atoms with Gasteiger partial charge in [-0.3, -0.25) is 0 Å². The van der Waals surface area contributed by atoms with Gasteiger partial charge in [0.2, 0.25) is 0 Å². The Bertz CT molecular complexity index is 430. The third-order valence-electron chi connectivity index (χ3n) is 4.24. The Kier molecular flexibility index (Phi) is 5.30. The van der Waals surface area contributed by atoms with Crippen molar-refractivity contribution in [2.24, 2.45) is 0 Å². The van der Waals surface area contributed by atoms with E-state index in [1.54, 1.807) is 14.2 Å². The summed E-state index contributed by atoms with van der Waals surface area (Å²) in [7, 11) is 3.34. The lowest BCUT2D eigenvalue weighted by molar-refractivity contribution is 0.0281. The van der Waals surface area contributed by atoms with Gasteiger partial charge in [-0.1, -0.05) is 26.3 Å². The number of hydrogen-bond acceptors (Lipinski definition) is 3. The van der Waals surface area contributed by atoms with Crippen LogP contribution in [0.1, 0.15) is 51.0 Å². The standard InChI is InChI=1S/C17H26O3/c1-5-6-14-8-10-15(20-14)12(2)13-7-9-16(18-3)17(11-13)19-4/h7,9,11-12,14-15H,5-6,8,10H2,1-4H3/t12-,14-,15-/m1/s1. The molecule has 0 spiro atoms. The molecule has 1 aromatic rings. The summed E-state index contributed by atoms with van der Waals surface area (Å²) in [5, 5.41) is 0. The number of rotatable bonds is 6. The van der Waals surface area contributed by atoms with Gasteiger partial charge in [0.15, 0.2) is 11.5 Å². The molecule has 1 saturated heterocycles. The molecular weight excluding hydrogens is 252 g/mol. The summed E-state index contributed by atoms with van der Waals surface area (Å²) in [6.45, 7) is 4.45. The van der Waals surface area contributed by atoms with Crippen LogP contribution in [0.5, 0.6) is 11.5 Å². The lowest BCUT2D eigenvalue weighted by atomic mass is 9.93. The zero-order valence-corrected chi connectivity index (χ0v) is 13.0. The first-order chi connectivity index (χ1) is 9.69. The highest BCUT2D eigenvalue weighted by Crippen LogP contribution is 2.36. The van der Waals surface area contributed by atoms with Gasteiger partial charge < -0.3 is 14.2 Å². The zero-order chi connectivity index (χ0) is 14.5. The van der Waals surface area contributed by atoms with Crippen LogP contribution in [0, 0.1) is 0 Å². The molecule has 3 nitrogen and oxygen atoms in total. The van der Waals surface area contributed by atoms with Gasteiger partial charge in [0.25, 0.3) is 0 Å². The topological polar surface area (TPSA) is 27.7 Å². The number of hydrogen-bond donors (Lipinski definition) is 0. The molecule has 112 valence electrons. The Morgan fingerprint density at radius 1 is 1.20 bits per heavy atom. The van der Waals surface area contributed by atoms with Crippen LogP contribution in [0.2, 0.25) is 0 Å². The fraction of sp³-hybridized carbons (Fsp3) is 0.647. The van der Waals surface area contributed by atoms with Crippen molar-refractivity contribution in [3.8, 4) is 11.5 Å². The molecule has 0 N–H and O–H groups in total. The SMILES string of the molecule is CCC[C@@H]1CC[C@H]([C@H](C)c2ccc(OC)c(OC)c2)O1. The molecule has 3 atom stereocenters. The highest BCUT2D eigenvalue weighted by atomic mass is 16.5. The van der Waals surface area contributed by atoms with E-state index in [0.29, 0.717) is 18.1 Å². The normalized spacial score (nSPS) is 23.6. The Morgan fingerprint density at radius 2 is 1.95 bits per heavy atom. The van der Waals surface area contributed by atoms with Crippen LogP contribution in [-0.4, -0.2) is 26.4 Å². The highest BCUT2D eigenvalue weighted by Gasteiger charge is 2.29. The van der Waals surface area contributed by atoms with Gasteiger partial charge in [0.1, 0.15) is 0 Å². The van der Waals surface area contributed by atoms with Crippen molar-refractivity contribution in [2.45, 2.75) is 57.7 Å². The molecule has 0 saturated carbocycles. The third kappa shape index (κ3) is 3.26. The molecule has 1 aliphatic rings. The van der Waals surface area contributed by atoms with Crippen LogP contribution < -0.4 is 9.47 Å². The van der Waals surface area contributed by atoms with Crippen LogP contribution in [0.3, 0.4) is 0 Å². The van der Waals surface area contributed by atoms with Gasteiger partial charge in [-0.2, -0.15) is 0 Å². The van der Waals surface area contributed by atoms with Crippen molar-refractivity contribution in [3.05, 3.63) is 23.8 Å². The molecule has 1 aliphatic heterocycles. The van der Waals surface area contributed by atoms with Crippen LogP contribution >= 0.6 is 0 Å². The average Bonchev–Trinajstić information content (AvgIpc) is 2.94. The van der Waals surface area contributed by atoms with Crippen LogP contribution in [-0.2, 0) is 4.74 Å². The monoisotopic (exact) mass is 278 g/mol. The van der Waals surface area contributed by atoms with E-state index in [9.17, 15) is 0 Å². The second-order valence-corrected chi connectivity index (χ2v) is 5.57. The van der Waals surface area contributed by atoms with Gasteiger partial charge in [0, 0.05) is 5.92 Å². The summed E-state index contributed by atoms with van der Waals surface area (Å²) >= 11 is 0. The number of benzene rings is 1. The van der Waals surface area contributed by atoms with Crippen molar-refractivity contribution in [1.29, 1.82) is 0 Å². The van der Waals surface area contributed by atoms with Crippen LogP contribution in [0.25, 0.3) is 0 Å². The fourth-order valence-corrected chi connectivity index (χ4v) is 2.99. The lowest BCUT2D eigenvalue weighted by Gasteiger charge is -2.21. The molecule has 0 aliphatic carbocycles. The molecule has 0 aromatic heterocycles. The van der Waals surface area contributed by atoms with Gasteiger partial charge in [-0.15, -0.1) is 0 Å². The molecule has 0 amide bonds. The van der Waals surface area contributed by atoms with E-state index in [4.69, 9.17) is 14.2 Å².